The molecule has 0 aliphatic heterocycles. The smallest absolute Gasteiger partial charge is 0.305 e. The van der Waals surface area contributed by atoms with Gasteiger partial charge in [-0.25, -0.2) is 0 Å². The average Bonchev–Trinajstić information content (AvgIpc) is 3.20. The second-order valence-electron chi connectivity index (χ2n) is 16.4. The molecule has 2 atom stereocenters. The molecule has 328 valence electrons. The fourth-order valence-electron chi connectivity index (χ4n) is 7.14. The first-order valence-electron chi connectivity index (χ1n) is 24.2. The van der Waals surface area contributed by atoms with Crippen LogP contribution in [0.2, 0.25) is 0 Å². The summed E-state index contributed by atoms with van der Waals surface area (Å²) in [6.07, 6.45) is 53.9. The summed E-state index contributed by atoms with van der Waals surface area (Å²) < 4.78 is 5.44. The van der Waals surface area contributed by atoms with Gasteiger partial charge >= 0.3 is 5.97 Å². The molecule has 0 heterocycles. The third-order valence-corrected chi connectivity index (χ3v) is 10.9. The second-order valence-corrected chi connectivity index (χ2v) is 16.4. The van der Waals surface area contributed by atoms with Crippen LogP contribution in [0, 0.1) is 0 Å². The Hall–Kier alpha value is -1.92. The number of rotatable bonds is 44. The number of carbonyl (C=O) groups is 2. The Morgan fingerprint density at radius 2 is 0.929 bits per heavy atom. The monoisotopic (exact) mass is 788 g/mol. The summed E-state index contributed by atoms with van der Waals surface area (Å²) in [5.41, 5.74) is 0. The van der Waals surface area contributed by atoms with Crippen LogP contribution in [0.5, 0.6) is 0 Å². The van der Waals surface area contributed by atoms with Crippen LogP contribution in [0.1, 0.15) is 245 Å². The van der Waals surface area contributed by atoms with E-state index in [1.807, 2.05) is 0 Å². The zero-order valence-electron chi connectivity index (χ0n) is 37.1. The molecule has 0 aromatic heterocycles. The lowest BCUT2D eigenvalue weighted by molar-refractivity contribution is -0.143. The van der Waals surface area contributed by atoms with Gasteiger partial charge in [0, 0.05) is 12.8 Å². The van der Waals surface area contributed by atoms with Crippen molar-refractivity contribution in [2.24, 2.45) is 0 Å². The normalized spacial score (nSPS) is 13.0. The lowest BCUT2D eigenvalue weighted by atomic mass is 10.0. The summed E-state index contributed by atoms with van der Waals surface area (Å²) in [5.74, 6) is -0.0748. The maximum Gasteiger partial charge on any atom is 0.305 e. The number of nitrogens with one attached hydrogen (secondary N) is 1. The molecule has 56 heavy (non-hydrogen) atoms. The fourth-order valence-corrected chi connectivity index (χ4v) is 7.14. The van der Waals surface area contributed by atoms with Gasteiger partial charge in [0.1, 0.15) is 0 Å². The van der Waals surface area contributed by atoms with Crippen LogP contribution in [0.4, 0.5) is 0 Å². The minimum absolute atomic E-state index is 0.0192. The van der Waals surface area contributed by atoms with Crippen LogP contribution in [-0.2, 0) is 14.3 Å². The van der Waals surface area contributed by atoms with Gasteiger partial charge < -0.3 is 20.3 Å². The van der Waals surface area contributed by atoms with Gasteiger partial charge in [0.25, 0.3) is 0 Å². The number of hydrogen-bond donors (Lipinski definition) is 3. The third kappa shape index (κ3) is 41.7. The largest absolute Gasteiger partial charge is 0.466 e. The van der Waals surface area contributed by atoms with Gasteiger partial charge in [-0.05, 0) is 77.0 Å². The molecule has 3 N–H and O–H groups in total. The minimum Gasteiger partial charge on any atom is -0.466 e. The molecule has 1 amide bonds. The SMILES string of the molecule is CCC/C=C\C/C=C\CCCCCCCC(=O)OCCCCCCCCC/C=C\CCCCCCCC(=O)NC(CO)C(O)CCCCCCCCCCCC. The Morgan fingerprint density at radius 1 is 0.500 bits per heavy atom. The Labute approximate surface area is 347 Å². The van der Waals surface area contributed by atoms with Gasteiger partial charge in [-0.2, -0.15) is 0 Å². The predicted octanol–water partition coefficient (Wildman–Crippen LogP) is 14.1. The van der Waals surface area contributed by atoms with Gasteiger partial charge in [-0.1, -0.05) is 192 Å². The highest BCUT2D eigenvalue weighted by Gasteiger charge is 2.20. The summed E-state index contributed by atoms with van der Waals surface area (Å²) in [7, 11) is 0. The number of carbonyl (C=O) groups excluding carboxylic acids is 2. The molecule has 6 nitrogen and oxygen atoms in total. The molecule has 0 rings (SSSR count). The van der Waals surface area contributed by atoms with E-state index >= 15 is 0 Å². The van der Waals surface area contributed by atoms with Crippen LogP contribution in [0.3, 0.4) is 0 Å². The first kappa shape index (κ1) is 54.1. The maximum absolute atomic E-state index is 12.4. The minimum atomic E-state index is -0.673. The molecule has 0 aromatic rings. The molecule has 0 fully saturated rings. The quantitative estimate of drug-likeness (QED) is 0.0325. The van der Waals surface area contributed by atoms with Crippen molar-refractivity contribution in [3.05, 3.63) is 36.5 Å². The number of aliphatic hydroxyl groups is 2. The average molecular weight is 788 g/mol. The van der Waals surface area contributed by atoms with Gasteiger partial charge in [-0.3, -0.25) is 9.59 Å². The topological polar surface area (TPSA) is 95.9 Å². The number of allylic oxidation sites excluding steroid dienone is 6. The molecule has 0 aromatic carbocycles. The van der Waals surface area contributed by atoms with E-state index in [0.717, 1.165) is 77.0 Å². The van der Waals surface area contributed by atoms with Crippen LogP contribution in [0.25, 0.3) is 0 Å². The lowest BCUT2D eigenvalue weighted by Crippen LogP contribution is -2.45. The van der Waals surface area contributed by atoms with Crippen molar-refractivity contribution < 1.29 is 24.5 Å². The highest BCUT2D eigenvalue weighted by Crippen LogP contribution is 2.15. The van der Waals surface area contributed by atoms with Crippen molar-refractivity contribution >= 4 is 11.9 Å². The number of unbranched alkanes of at least 4 members (excludes halogenated alkanes) is 27. The molecule has 0 bridgehead atoms. The van der Waals surface area contributed by atoms with Gasteiger partial charge in [-0.15, -0.1) is 0 Å². The third-order valence-electron chi connectivity index (χ3n) is 10.9. The molecule has 2 unspecified atom stereocenters. The molecule has 0 saturated carbocycles. The van der Waals surface area contributed by atoms with Crippen LogP contribution >= 0.6 is 0 Å². The van der Waals surface area contributed by atoms with E-state index in [1.165, 1.54) is 135 Å². The van der Waals surface area contributed by atoms with E-state index < -0.39 is 12.1 Å². The first-order valence-corrected chi connectivity index (χ1v) is 24.2. The van der Waals surface area contributed by atoms with Crippen LogP contribution < -0.4 is 5.32 Å². The Balaban J connectivity index is 3.47. The molecule has 0 radical (unpaired) electrons. The second kappa shape index (κ2) is 45.8. The number of amides is 1. The zero-order chi connectivity index (χ0) is 40.8. The number of hydrogen-bond acceptors (Lipinski definition) is 5. The van der Waals surface area contributed by atoms with Crippen molar-refractivity contribution in [1.82, 2.24) is 5.32 Å². The van der Waals surface area contributed by atoms with E-state index in [0.29, 0.717) is 25.9 Å². The van der Waals surface area contributed by atoms with Gasteiger partial charge in [0.05, 0.1) is 25.4 Å². The van der Waals surface area contributed by atoms with Crippen molar-refractivity contribution in [2.75, 3.05) is 13.2 Å². The molecule has 0 aliphatic rings. The summed E-state index contributed by atoms with van der Waals surface area (Å²) in [6.45, 7) is 4.83. The molecule has 0 aliphatic carbocycles. The molecule has 6 heteroatoms. The summed E-state index contributed by atoms with van der Waals surface area (Å²) >= 11 is 0. The van der Waals surface area contributed by atoms with E-state index in [2.05, 4.69) is 55.6 Å². The molecular weight excluding hydrogens is 695 g/mol. The van der Waals surface area contributed by atoms with Crippen LogP contribution in [-0.4, -0.2) is 47.4 Å². The Kier molecular flexibility index (Phi) is 44.2. The van der Waals surface area contributed by atoms with Gasteiger partial charge in [0.15, 0.2) is 0 Å². The molecule has 0 saturated heterocycles. The van der Waals surface area contributed by atoms with Crippen molar-refractivity contribution in [3.8, 4) is 0 Å². The summed E-state index contributed by atoms with van der Waals surface area (Å²) in [4.78, 5) is 24.4. The maximum atomic E-state index is 12.4. The number of aliphatic hydroxyl groups excluding tert-OH is 2. The lowest BCUT2D eigenvalue weighted by Gasteiger charge is -2.22. The van der Waals surface area contributed by atoms with Crippen LogP contribution in [0.15, 0.2) is 36.5 Å². The highest BCUT2D eigenvalue weighted by atomic mass is 16.5. The number of ether oxygens (including phenoxy) is 1. The number of esters is 1. The fraction of sp³-hybridized carbons (Fsp3) is 0.840. The summed E-state index contributed by atoms with van der Waals surface area (Å²) in [6, 6.07) is -0.552. The molecule has 0 spiro atoms. The summed E-state index contributed by atoms with van der Waals surface area (Å²) in [5, 5.41) is 23.1. The standard InChI is InChI=1S/C50H93NO5/c1-3-5-7-9-11-13-15-20-24-28-32-36-40-44-50(55)56-45-41-37-33-29-25-22-19-17-16-18-21-23-27-31-35-39-43-49(54)51-47(46-52)48(53)42-38-34-30-26-14-12-10-8-6-4-2/h7,9,13,15-16,18,47-48,52-53H,3-6,8,10-12,14,17,19-46H2,1-2H3,(H,51,54)/b9-7-,15-13-,18-16-. The first-order chi connectivity index (χ1) is 27.5. The van der Waals surface area contributed by atoms with E-state index in [4.69, 9.17) is 4.74 Å². The van der Waals surface area contributed by atoms with Crippen molar-refractivity contribution in [2.45, 2.75) is 257 Å². The van der Waals surface area contributed by atoms with E-state index in [1.54, 1.807) is 0 Å². The predicted molar refractivity (Wildman–Crippen MR) is 241 cm³/mol. The van der Waals surface area contributed by atoms with Gasteiger partial charge in [0.2, 0.25) is 5.91 Å². The zero-order valence-corrected chi connectivity index (χ0v) is 37.1. The Bertz CT molecular complexity index is 915. The van der Waals surface area contributed by atoms with Crippen molar-refractivity contribution in [3.63, 3.8) is 0 Å². The van der Waals surface area contributed by atoms with Crippen molar-refractivity contribution in [1.29, 1.82) is 0 Å². The molecular formula is C50H93NO5. The van der Waals surface area contributed by atoms with E-state index in [-0.39, 0.29) is 18.5 Å². The highest BCUT2D eigenvalue weighted by molar-refractivity contribution is 5.76. The Morgan fingerprint density at radius 3 is 1.45 bits per heavy atom. The van der Waals surface area contributed by atoms with E-state index in [9.17, 15) is 19.8 Å².